The molecule has 1 atom stereocenters. The van der Waals surface area contributed by atoms with Crippen molar-refractivity contribution in [1.82, 2.24) is 0 Å². The molecule has 0 bridgehead atoms. The molecule has 0 amide bonds. The first-order valence-electron chi connectivity index (χ1n) is 4.10. The van der Waals surface area contributed by atoms with Gasteiger partial charge in [0, 0.05) is 11.6 Å². The smallest absolute Gasteiger partial charge is 0.406 e. The molecule has 0 spiro atoms. The van der Waals surface area contributed by atoms with Gasteiger partial charge in [-0.2, -0.15) is 0 Å². The SMILES string of the molecule is C[C@@H](N)c1cc(OC(F)(F)F)ccc1F.Cl. The minimum absolute atomic E-state index is 0. The first kappa shape index (κ1) is 15.0. The van der Waals surface area contributed by atoms with Crippen LogP contribution in [-0.2, 0) is 0 Å². The third-order valence-corrected chi connectivity index (χ3v) is 1.69. The highest BCUT2D eigenvalue weighted by Crippen LogP contribution is 2.26. The van der Waals surface area contributed by atoms with Crippen LogP contribution >= 0.6 is 12.4 Å². The zero-order chi connectivity index (χ0) is 11.6. The molecule has 92 valence electrons. The summed E-state index contributed by atoms with van der Waals surface area (Å²) in [6.45, 7) is 1.47. The molecule has 1 rings (SSSR count). The maximum absolute atomic E-state index is 13.0. The zero-order valence-corrected chi connectivity index (χ0v) is 9.03. The van der Waals surface area contributed by atoms with Crippen LogP contribution in [0, 0.1) is 5.82 Å². The molecule has 1 aromatic carbocycles. The topological polar surface area (TPSA) is 35.2 Å². The molecule has 0 aliphatic heterocycles. The van der Waals surface area contributed by atoms with Crippen molar-refractivity contribution in [3.63, 3.8) is 0 Å². The van der Waals surface area contributed by atoms with Crippen molar-refractivity contribution < 1.29 is 22.3 Å². The summed E-state index contributed by atoms with van der Waals surface area (Å²) in [5.41, 5.74) is 5.35. The predicted octanol–water partition coefficient (Wildman–Crippen LogP) is 3.17. The molecule has 0 saturated carbocycles. The second-order valence-corrected chi connectivity index (χ2v) is 3.02. The summed E-state index contributed by atoms with van der Waals surface area (Å²) in [6, 6.07) is 2.03. The lowest BCUT2D eigenvalue weighted by molar-refractivity contribution is -0.274. The van der Waals surface area contributed by atoms with E-state index in [0.717, 1.165) is 18.2 Å². The van der Waals surface area contributed by atoms with Gasteiger partial charge in [-0.05, 0) is 25.1 Å². The number of hydrogen-bond acceptors (Lipinski definition) is 2. The van der Waals surface area contributed by atoms with Gasteiger partial charge in [0.05, 0.1) is 0 Å². The number of halogens is 5. The van der Waals surface area contributed by atoms with Crippen LogP contribution in [0.2, 0.25) is 0 Å². The van der Waals surface area contributed by atoms with Gasteiger partial charge >= 0.3 is 6.36 Å². The van der Waals surface area contributed by atoms with Crippen LogP contribution in [0.1, 0.15) is 18.5 Å². The van der Waals surface area contributed by atoms with Crippen LogP contribution in [-0.4, -0.2) is 6.36 Å². The van der Waals surface area contributed by atoms with Gasteiger partial charge in [-0.1, -0.05) is 0 Å². The van der Waals surface area contributed by atoms with Crippen molar-refractivity contribution in [2.75, 3.05) is 0 Å². The molecule has 0 unspecified atom stereocenters. The molecule has 0 aromatic heterocycles. The van der Waals surface area contributed by atoms with Crippen molar-refractivity contribution >= 4 is 12.4 Å². The average molecular weight is 260 g/mol. The standard InChI is InChI=1S/C9H9F4NO.ClH/c1-5(14)7-4-6(2-3-8(7)10)15-9(11,12)13;/h2-5H,14H2,1H3;1H/t5-;/m1./s1. The highest BCUT2D eigenvalue weighted by Gasteiger charge is 2.31. The molecular weight excluding hydrogens is 250 g/mol. The Kier molecular flexibility index (Phi) is 5.02. The van der Waals surface area contributed by atoms with E-state index < -0.39 is 24.0 Å². The Morgan fingerprint density at radius 2 is 1.88 bits per heavy atom. The summed E-state index contributed by atoms with van der Waals surface area (Å²) in [4.78, 5) is 0. The summed E-state index contributed by atoms with van der Waals surface area (Å²) in [5.74, 6) is -1.13. The van der Waals surface area contributed by atoms with Crippen molar-refractivity contribution in [3.05, 3.63) is 29.6 Å². The maximum atomic E-state index is 13.0. The Hall–Kier alpha value is -1.01. The van der Waals surface area contributed by atoms with Gasteiger partial charge in [0.1, 0.15) is 11.6 Å². The molecule has 0 aliphatic carbocycles. The zero-order valence-electron chi connectivity index (χ0n) is 8.22. The van der Waals surface area contributed by atoms with Gasteiger partial charge in [-0.15, -0.1) is 25.6 Å². The van der Waals surface area contributed by atoms with Gasteiger partial charge in [-0.3, -0.25) is 0 Å². The fourth-order valence-corrected chi connectivity index (χ4v) is 1.07. The van der Waals surface area contributed by atoms with Gasteiger partial charge in [0.2, 0.25) is 0 Å². The number of rotatable bonds is 2. The van der Waals surface area contributed by atoms with Crippen molar-refractivity contribution in [2.24, 2.45) is 5.73 Å². The minimum Gasteiger partial charge on any atom is -0.406 e. The highest BCUT2D eigenvalue weighted by atomic mass is 35.5. The average Bonchev–Trinajstić information content (AvgIpc) is 2.05. The monoisotopic (exact) mass is 259 g/mol. The highest BCUT2D eigenvalue weighted by molar-refractivity contribution is 5.85. The molecule has 0 aliphatic rings. The van der Waals surface area contributed by atoms with E-state index in [-0.39, 0.29) is 18.0 Å². The number of alkyl halides is 3. The van der Waals surface area contributed by atoms with Crippen LogP contribution < -0.4 is 10.5 Å². The van der Waals surface area contributed by atoms with Gasteiger partial charge in [-0.25, -0.2) is 4.39 Å². The largest absolute Gasteiger partial charge is 0.573 e. The molecule has 0 radical (unpaired) electrons. The number of ether oxygens (including phenoxy) is 1. The lowest BCUT2D eigenvalue weighted by Gasteiger charge is -2.12. The fraction of sp³-hybridized carbons (Fsp3) is 0.333. The number of nitrogens with two attached hydrogens (primary N) is 1. The summed E-state index contributed by atoms with van der Waals surface area (Å²) < 4.78 is 52.1. The Morgan fingerprint density at radius 3 is 2.31 bits per heavy atom. The van der Waals surface area contributed by atoms with Crippen molar-refractivity contribution in [3.8, 4) is 5.75 Å². The van der Waals surface area contributed by atoms with E-state index in [2.05, 4.69) is 4.74 Å². The molecule has 16 heavy (non-hydrogen) atoms. The van der Waals surface area contributed by atoms with Crippen molar-refractivity contribution in [2.45, 2.75) is 19.3 Å². The van der Waals surface area contributed by atoms with Gasteiger partial charge < -0.3 is 10.5 Å². The van der Waals surface area contributed by atoms with E-state index in [0.29, 0.717) is 0 Å². The van der Waals surface area contributed by atoms with E-state index in [1.807, 2.05) is 0 Å². The summed E-state index contributed by atoms with van der Waals surface area (Å²) in [6.07, 6.45) is -4.78. The lowest BCUT2D eigenvalue weighted by Crippen LogP contribution is -2.17. The van der Waals surface area contributed by atoms with Crippen LogP contribution in [0.3, 0.4) is 0 Å². The lowest BCUT2D eigenvalue weighted by atomic mass is 10.1. The molecule has 0 saturated heterocycles. The van der Waals surface area contributed by atoms with E-state index >= 15 is 0 Å². The Morgan fingerprint density at radius 1 is 1.31 bits per heavy atom. The molecule has 7 heteroatoms. The Balaban J connectivity index is 0.00000225. The fourth-order valence-electron chi connectivity index (χ4n) is 1.07. The summed E-state index contributed by atoms with van der Waals surface area (Å²) in [5, 5.41) is 0. The molecule has 2 nitrogen and oxygen atoms in total. The summed E-state index contributed by atoms with van der Waals surface area (Å²) in [7, 11) is 0. The number of hydrogen-bond donors (Lipinski definition) is 1. The second kappa shape index (κ2) is 5.36. The first-order chi connectivity index (χ1) is 6.79. The molecule has 0 fully saturated rings. The van der Waals surface area contributed by atoms with Crippen LogP contribution in [0.4, 0.5) is 17.6 Å². The number of benzene rings is 1. The van der Waals surface area contributed by atoms with E-state index in [1.165, 1.54) is 6.92 Å². The third kappa shape index (κ3) is 4.24. The van der Waals surface area contributed by atoms with Crippen LogP contribution in [0.25, 0.3) is 0 Å². The van der Waals surface area contributed by atoms with Crippen molar-refractivity contribution in [1.29, 1.82) is 0 Å². The van der Waals surface area contributed by atoms with Gasteiger partial charge in [0.25, 0.3) is 0 Å². The minimum atomic E-state index is -4.78. The van der Waals surface area contributed by atoms with E-state index in [9.17, 15) is 17.6 Å². The van der Waals surface area contributed by atoms with Gasteiger partial charge in [0.15, 0.2) is 0 Å². The third-order valence-electron chi connectivity index (χ3n) is 1.69. The van der Waals surface area contributed by atoms with Crippen LogP contribution in [0.15, 0.2) is 18.2 Å². The second-order valence-electron chi connectivity index (χ2n) is 3.02. The Labute approximate surface area is 95.8 Å². The maximum Gasteiger partial charge on any atom is 0.573 e. The first-order valence-corrected chi connectivity index (χ1v) is 4.10. The molecule has 1 aromatic rings. The molecule has 0 heterocycles. The van der Waals surface area contributed by atoms with E-state index in [1.54, 1.807) is 0 Å². The van der Waals surface area contributed by atoms with Crippen LogP contribution in [0.5, 0.6) is 5.75 Å². The predicted molar refractivity (Wildman–Crippen MR) is 52.9 cm³/mol. The Bertz CT molecular complexity index is 354. The summed E-state index contributed by atoms with van der Waals surface area (Å²) >= 11 is 0. The quantitative estimate of drug-likeness (QED) is 0.828. The molecule has 2 N–H and O–H groups in total. The molecular formula is C9H10ClF4NO. The normalized spacial score (nSPS) is 12.9. The van der Waals surface area contributed by atoms with E-state index in [4.69, 9.17) is 5.73 Å².